The molecule has 0 spiro atoms. The number of thiophene rings is 2. The van der Waals surface area contributed by atoms with Crippen LogP contribution in [-0.2, 0) is 0 Å². The summed E-state index contributed by atoms with van der Waals surface area (Å²) >= 11 is 3.04. The molecule has 2 aromatic heterocycles. The summed E-state index contributed by atoms with van der Waals surface area (Å²) in [6.45, 7) is 0. The van der Waals surface area contributed by atoms with Crippen molar-refractivity contribution in [3.63, 3.8) is 0 Å². The van der Waals surface area contributed by atoms with Gasteiger partial charge < -0.3 is 10.6 Å². The van der Waals surface area contributed by atoms with Crippen LogP contribution in [0.2, 0.25) is 0 Å². The predicted molar refractivity (Wildman–Crippen MR) is 119 cm³/mol. The molecular formula is C22H16N2O2S2. The van der Waals surface area contributed by atoms with Crippen LogP contribution in [0.3, 0.4) is 0 Å². The number of amides is 2. The lowest BCUT2D eigenvalue weighted by Crippen LogP contribution is -2.15. The van der Waals surface area contributed by atoms with E-state index in [1.54, 1.807) is 14.1 Å². The van der Waals surface area contributed by atoms with Crippen LogP contribution in [0.15, 0.2) is 48.5 Å². The van der Waals surface area contributed by atoms with Crippen LogP contribution < -0.4 is 10.6 Å². The van der Waals surface area contributed by atoms with Crippen LogP contribution in [0.5, 0.6) is 0 Å². The first-order chi connectivity index (χ1) is 13.6. The lowest BCUT2D eigenvalue weighted by Gasteiger charge is -2.06. The van der Waals surface area contributed by atoms with Gasteiger partial charge in [0.2, 0.25) is 0 Å². The molecular weight excluding hydrogens is 388 g/mol. The molecule has 0 unspecified atom stereocenters. The Morgan fingerprint density at radius 3 is 1.43 bits per heavy atom. The highest BCUT2D eigenvalue weighted by atomic mass is 32.1. The summed E-state index contributed by atoms with van der Waals surface area (Å²) in [7, 11) is 3.30. The number of rotatable bonds is 2. The summed E-state index contributed by atoms with van der Waals surface area (Å²) in [5.74, 6) is -0.116. The molecule has 0 fully saturated rings. The maximum absolute atomic E-state index is 12.0. The number of fused-ring (bicyclic) bond motifs is 7. The molecule has 0 aliphatic carbocycles. The smallest absolute Gasteiger partial charge is 0.261 e. The molecule has 138 valence electrons. The SMILES string of the molecule is CNC(=O)c1cc2ccc3c4ccc5cc(C(=O)NC)sc5c4ccc3c2s1. The van der Waals surface area contributed by atoms with Crippen LogP contribution in [0.25, 0.3) is 41.7 Å². The van der Waals surface area contributed by atoms with Crippen molar-refractivity contribution in [2.24, 2.45) is 0 Å². The van der Waals surface area contributed by atoms with E-state index in [9.17, 15) is 9.59 Å². The molecule has 0 saturated carbocycles. The maximum atomic E-state index is 12.0. The molecule has 4 nitrogen and oxygen atoms in total. The lowest BCUT2D eigenvalue weighted by molar-refractivity contribution is 0.0959. The Balaban J connectivity index is 1.81. The van der Waals surface area contributed by atoms with Gasteiger partial charge in [0, 0.05) is 34.3 Å². The summed E-state index contributed by atoms with van der Waals surface area (Å²) in [6.07, 6.45) is 0. The van der Waals surface area contributed by atoms with Crippen LogP contribution in [0.4, 0.5) is 0 Å². The minimum absolute atomic E-state index is 0.0582. The average Bonchev–Trinajstić information content (AvgIpc) is 3.36. The third-order valence-corrected chi connectivity index (χ3v) is 7.42. The van der Waals surface area contributed by atoms with Crippen molar-refractivity contribution >= 4 is 76.2 Å². The highest BCUT2D eigenvalue weighted by Gasteiger charge is 2.15. The Hall–Kier alpha value is -2.96. The van der Waals surface area contributed by atoms with Gasteiger partial charge in [0.05, 0.1) is 9.75 Å². The van der Waals surface area contributed by atoms with E-state index in [1.807, 2.05) is 12.1 Å². The molecule has 0 atom stereocenters. The van der Waals surface area contributed by atoms with E-state index in [4.69, 9.17) is 0 Å². The zero-order valence-corrected chi connectivity index (χ0v) is 16.9. The van der Waals surface area contributed by atoms with E-state index < -0.39 is 0 Å². The van der Waals surface area contributed by atoms with Crippen LogP contribution in [0, 0.1) is 0 Å². The van der Waals surface area contributed by atoms with Gasteiger partial charge in [-0.2, -0.15) is 0 Å². The first kappa shape index (κ1) is 17.2. The fraction of sp³-hybridized carbons (Fsp3) is 0.0909. The largest absolute Gasteiger partial charge is 0.354 e. The average molecular weight is 405 g/mol. The Bertz CT molecular complexity index is 1320. The summed E-state index contributed by atoms with van der Waals surface area (Å²) in [5, 5.41) is 12.2. The van der Waals surface area contributed by atoms with Crippen LogP contribution >= 0.6 is 22.7 Å². The van der Waals surface area contributed by atoms with Crippen molar-refractivity contribution < 1.29 is 9.59 Å². The van der Waals surface area contributed by atoms with Gasteiger partial charge in [-0.05, 0) is 33.7 Å². The molecule has 28 heavy (non-hydrogen) atoms. The molecule has 5 rings (SSSR count). The lowest BCUT2D eigenvalue weighted by atomic mass is 10.00. The molecule has 5 aromatic rings. The van der Waals surface area contributed by atoms with Crippen molar-refractivity contribution in [2.75, 3.05) is 14.1 Å². The van der Waals surface area contributed by atoms with E-state index in [-0.39, 0.29) is 11.8 Å². The van der Waals surface area contributed by atoms with Crippen molar-refractivity contribution in [3.05, 3.63) is 58.3 Å². The van der Waals surface area contributed by atoms with Gasteiger partial charge in [0.15, 0.2) is 0 Å². The van der Waals surface area contributed by atoms with Crippen LogP contribution in [-0.4, -0.2) is 25.9 Å². The summed E-state index contributed by atoms with van der Waals surface area (Å²) in [5.41, 5.74) is 0. The number of carbonyl (C=O) groups is 2. The van der Waals surface area contributed by atoms with E-state index >= 15 is 0 Å². The minimum Gasteiger partial charge on any atom is -0.354 e. The molecule has 0 aliphatic heterocycles. The highest BCUT2D eigenvalue weighted by Crippen LogP contribution is 2.39. The number of hydrogen-bond acceptors (Lipinski definition) is 4. The Morgan fingerprint density at radius 2 is 1.04 bits per heavy atom. The monoisotopic (exact) mass is 404 g/mol. The molecule has 0 radical (unpaired) electrons. The Kier molecular flexibility index (Phi) is 3.86. The number of benzene rings is 3. The highest BCUT2D eigenvalue weighted by molar-refractivity contribution is 7.22. The quantitative estimate of drug-likeness (QED) is 0.400. The van der Waals surface area contributed by atoms with E-state index in [0.717, 1.165) is 41.7 Å². The van der Waals surface area contributed by atoms with Gasteiger partial charge in [-0.25, -0.2) is 0 Å². The standard InChI is InChI=1S/C22H16N2O2S2/c1-23-21(25)17-9-11-3-5-13-14-6-4-12-10-18(22(26)24-2)28-20(12)16(14)8-7-15(13)19(11)27-17/h3-10H,1-2H3,(H,23,25)(H,24,26). The number of carbonyl (C=O) groups excluding carboxylic acids is 2. The van der Waals surface area contributed by atoms with E-state index in [2.05, 4.69) is 47.0 Å². The van der Waals surface area contributed by atoms with Gasteiger partial charge in [0.1, 0.15) is 0 Å². The van der Waals surface area contributed by atoms with E-state index in [1.165, 1.54) is 22.7 Å². The molecule has 3 aromatic carbocycles. The number of hydrogen-bond donors (Lipinski definition) is 2. The summed E-state index contributed by atoms with van der Waals surface area (Å²) < 4.78 is 2.24. The summed E-state index contributed by atoms with van der Waals surface area (Å²) in [4.78, 5) is 25.5. The van der Waals surface area contributed by atoms with Gasteiger partial charge in [-0.3, -0.25) is 9.59 Å². The molecule has 2 N–H and O–H groups in total. The molecule has 0 bridgehead atoms. The van der Waals surface area contributed by atoms with Crippen molar-refractivity contribution in [3.8, 4) is 0 Å². The third kappa shape index (κ3) is 2.42. The van der Waals surface area contributed by atoms with Crippen molar-refractivity contribution in [1.29, 1.82) is 0 Å². The molecule has 2 heterocycles. The molecule has 0 saturated heterocycles. The van der Waals surface area contributed by atoms with Crippen molar-refractivity contribution in [2.45, 2.75) is 0 Å². The van der Waals surface area contributed by atoms with Gasteiger partial charge in [0.25, 0.3) is 11.8 Å². The fourth-order valence-electron chi connectivity index (χ4n) is 3.69. The molecule has 0 aliphatic rings. The van der Waals surface area contributed by atoms with Crippen LogP contribution in [0.1, 0.15) is 19.3 Å². The second-order valence-electron chi connectivity index (χ2n) is 6.60. The zero-order valence-electron chi connectivity index (χ0n) is 15.3. The normalized spacial score (nSPS) is 11.5. The first-order valence-corrected chi connectivity index (χ1v) is 10.5. The van der Waals surface area contributed by atoms with E-state index in [0.29, 0.717) is 9.75 Å². The first-order valence-electron chi connectivity index (χ1n) is 8.86. The minimum atomic E-state index is -0.0582. The third-order valence-electron chi connectivity index (χ3n) is 5.06. The molecule has 6 heteroatoms. The second kappa shape index (κ2) is 6.29. The molecule has 2 amide bonds. The van der Waals surface area contributed by atoms with Gasteiger partial charge in [-0.15, -0.1) is 22.7 Å². The number of nitrogens with one attached hydrogen (secondary N) is 2. The zero-order chi connectivity index (χ0) is 19.4. The Morgan fingerprint density at radius 1 is 0.643 bits per heavy atom. The summed E-state index contributed by atoms with van der Waals surface area (Å²) in [6, 6.07) is 16.6. The van der Waals surface area contributed by atoms with Gasteiger partial charge in [-0.1, -0.05) is 36.4 Å². The fourth-order valence-corrected chi connectivity index (χ4v) is 5.95. The van der Waals surface area contributed by atoms with Crippen molar-refractivity contribution in [1.82, 2.24) is 10.6 Å². The maximum Gasteiger partial charge on any atom is 0.261 e. The topological polar surface area (TPSA) is 58.2 Å². The second-order valence-corrected chi connectivity index (χ2v) is 8.71. The predicted octanol–water partition coefficient (Wildman–Crippen LogP) is 5.14. The van der Waals surface area contributed by atoms with Gasteiger partial charge >= 0.3 is 0 Å². The Labute approximate surface area is 168 Å².